The molecule has 2 heterocycles. The number of carbonyl (C=O) groups is 2. The van der Waals surface area contributed by atoms with Gasteiger partial charge in [0, 0.05) is 26.3 Å². The topological polar surface area (TPSA) is 75.4 Å². The van der Waals surface area contributed by atoms with E-state index < -0.39 is 11.4 Å². The second kappa shape index (κ2) is 4.44. The highest BCUT2D eigenvalue weighted by atomic mass is 16.4. The van der Waals surface area contributed by atoms with Gasteiger partial charge in [0.1, 0.15) is 5.69 Å². The van der Waals surface area contributed by atoms with E-state index in [1.54, 1.807) is 35.8 Å². The number of aryl methyl sites for hydroxylation is 1. The number of amides is 1. The first-order chi connectivity index (χ1) is 8.42. The summed E-state index contributed by atoms with van der Waals surface area (Å²) >= 11 is 0. The van der Waals surface area contributed by atoms with E-state index in [4.69, 9.17) is 5.11 Å². The molecule has 1 aliphatic rings. The van der Waals surface area contributed by atoms with E-state index in [0.717, 1.165) is 0 Å². The summed E-state index contributed by atoms with van der Waals surface area (Å²) in [5.41, 5.74) is -0.294. The lowest BCUT2D eigenvalue weighted by molar-refractivity contribution is -0.150. The van der Waals surface area contributed by atoms with Crippen molar-refractivity contribution in [2.75, 3.05) is 13.1 Å². The Kier molecular flexibility index (Phi) is 3.11. The van der Waals surface area contributed by atoms with E-state index in [9.17, 15) is 9.59 Å². The molecule has 0 atom stereocenters. The number of rotatable bonds is 2. The molecule has 1 aromatic rings. The Morgan fingerprint density at radius 3 is 2.44 bits per heavy atom. The fourth-order valence-corrected chi connectivity index (χ4v) is 2.11. The molecule has 1 fully saturated rings. The quantitative estimate of drug-likeness (QED) is 0.841. The van der Waals surface area contributed by atoms with Gasteiger partial charge in [-0.3, -0.25) is 14.3 Å². The molecular weight excluding hydrogens is 234 g/mol. The van der Waals surface area contributed by atoms with E-state index in [2.05, 4.69) is 5.10 Å². The lowest BCUT2D eigenvalue weighted by atomic mass is 9.80. The molecule has 0 spiro atoms. The molecule has 1 saturated heterocycles. The van der Waals surface area contributed by atoms with Crippen LogP contribution >= 0.6 is 0 Å². The molecule has 6 heteroatoms. The first-order valence-electron chi connectivity index (χ1n) is 5.95. The molecule has 0 radical (unpaired) electrons. The highest BCUT2D eigenvalue weighted by Crippen LogP contribution is 2.31. The van der Waals surface area contributed by atoms with Gasteiger partial charge >= 0.3 is 5.97 Å². The molecule has 0 aromatic carbocycles. The van der Waals surface area contributed by atoms with Crippen molar-refractivity contribution in [3.05, 3.63) is 18.0 Å². The monoisotopic (exact) mass is 251 g/mol. The van der Waals surface area contributed by atoms with Gasteiger partial charge in [0.2, 0.25) is 0 Å². The fourth-order valence-electron chi connectivity index (χ4n) is 2.11. The Morgan fingerprint density at radius 1 is 1.39 bits per heavy atom. The van der Waals surface area contributed by atoms with E-state index in [0.29, 0.717) is 31.6 Å². The normalized spacial score (nSPS) is 18.7. The summed E-state index contributed by atoms with van der Waals surface area (Å²) in [6.07, 6.45) is 2.69. The second-order valence-electron chi connectivity index (χ2n) is 5.03. The third-order valence-electron chi connectivity index (χ3n) is 3.60. The summed E-state index contributed by atoms with van der Waals surface area (Å²) < 4.78 is 1.58. The van der Waals surface area contributed by atoms with Crippen molar-refractivity contribution in [1.29, 1.82) is 0 Å². The smallest absolute Gasteiger partial charge is 0.309 e. The van der Waals surface area contributed by atoms with Crippen LogP contribution in [0.25, 0.3) is 0 Å². The molecule has 1 N–H and O–H groups in total. The van der Waals surface area contributed by atoms with Gasteiger partial charge in [0.15, 0.2) is 0 Å². The maximum Gasteiger partial charge on any atom is 0.309 e. The van der Waals surface area contributed by atoms with Crippen LogP contribution < -0.4 is 0 Å². The molecule has 0 bridgehead atoms. The molecule has 1 aromatic heterocycles. The van der Waals surface area contributed by atoms with Crippen LogP contribution in [0.1, 0.15) is 30.3 Å². The Balaban J connectivity index is 2.02. The molecule has 0 unspecified atom stereocenters. The summed E-state index contributed by atoms with van der Waals surface area (Å²) in [5, 5.41) is 13.2. The summed E-state index contributed by atoms with van der Waals surface area (Å²) in [6, 6.07) is 1.67. The SMILES string of the molecule is Cn1ccc(C(=O)N2CCC(C)(C(=O)O)CC2)n1. The number of carboxylic acid groups (broad SMARTS) is 1. The van der Waals surface area contributed by atoms with Gasteiger partial charge in [0.05, 0.1) is 5.41 Å². The number of piperidine rings is 1. The van der Waals surface area contributed by atoms with Gasteiger partial charge in [-0.05, 0) is 25.8 Å². The van der Waals surface area contributed by atoms with Gasteiger partial charge in [-0.15, -0.1) is 0 Å². The van der Waals surface area contributed by atoms with Crippen molar-refractivity contribution in [3.63, 3.8) is 0 Å². The Hall–Kier alpha value is -1.85. The van der Waals surface area contributed by atoms with Gasteiger partial charge in [0.25, 0.3) is 5.91 Å². The number of carbonyl (C=O) groups excluding carboxylic acids is 1. The third kappa shape index (κ3) is 2.23. The number of likely N-dealkylation sites (tertiary alicyclic amines) is 1. The van der Waals surface area contributed by atoms with Crippen LogP contribution in [-0.4, -0.2) is 44.8 Å². The van der Waals surface area contributed by atoms with Crippen molar-refractivity contribution in [2.24, 2.45) is 12.5 Å². The fraction of sp³-hybridized carbons (Fsp3) is 0.583. The zero-order valence-corrected chi connectivity index (χ0v) is 10.6. The van der Waals surface area contributed by atoms with Crippen molar-refractivity contribution in [3.8, 4) is 0 Å². The van der Waals surface area contributed by atoms with Crippen LogP contribution in [0, 0.1) is 5.41 Å². The minimum atomic E-state index is -0.785. The maximum absolute atomic E-state index is 12.1. The number of hydrogen-bond donors (Lipinski definition) is 1. The highest BCUT2D eigenvalue weighted by Gasteiger charge is 2.38. The van der Waals surface area contributed by atoms with Gasteiger partial charge in [-0.2, -0.15) is 5.10 Å². The predicted octanol–water partition coefficient (Wildman–Crippen LogP) is 0.747. The molecule has 1 aliphatic heterocycles. The number of aromatic nitrogens is 2. The number of aliphatic carboxylic acids is 1. The van der Waals surface area contributed by atoms with E-state index in [-0.39, 0.29) is 5.91 Å². The highest BCUT2D eigenvalue weighted by molar-refractivity contribution is 5.92. The Labute approximate surface area is 105 Å². The number of nitrogens with zero attached hydrogens (tertiary/aromatic N) is 3. The molecule has 6 nitrogen and oxygen atoms in total. The summed E-state index contributed by atoms with van der Waals surface area (Å²) in [5.74, 6) is -0.907. The maximum atomic E-state index is 12.1. The molecular formula is C12H17N3O3. The minimum Gasteiger partial charge on any atom is -0.481 e. The van der Waals surface area contributed by atoms with Gasteiger partial charge < -0.3 is 10.0 Å². The molecule has 0 saturated carbocycles. The lowest BCUT2D eigenvalue weighted by Crippen LogP contribution is -2.45. The summed E-state index contributed by atoms with van der Waals surface area (Å²) in [7, 11) is 1.76. The van der Waals surface area contributed by atoms with Crippen LogP contribution in [0.2, 0.25) is 0 Å². The van der Waals surface area contributed by atoms with Gasteiger partial charge in [-0.1, -0.05) is 0 Å². The Bertz CT molecular complexity index is 473. The molecule has 0 aliphatic carbocycles. The standard InChI is InChI=1S/C12H17N3O3/c1-12(11(17)18)4-7-15(8-5-12)10(16)9-3-6-14(2)13-9/h3,6H,4-5,7-8H2,1-2H3,(H,17,18). The zero-order chi connectivity index (χ0) is 13.3. The molecule has 98 valence electrons. The van der Waals surface area contributed by atoms with Crippen molar-refractivity contribution in [2.45, 2.75) is 19.8 Å². The van der Waals surface area contributed by atoms with Crippen molar-refractivity contribution >= 4 is 11.9 Å². The lowest BCUT2D eigenvalue weighted by Gasteiger charge is -2.36. The van der Waals surface area contributed by atoms with E-state index in [1.165, 1.54) is 0 Å². The number of hydrogen-bond acceptors (Lipinski definition) is 3. The largest absolute Gasteiger partial charge is 0.481 e. The molecule has 18 heavy (non-hydrogen) atoms. The average molecular weight is 251 g/mol. The Morgan fingerprint density at radius 2 is 2.00 bits per heavy atom. The van der Waals surface area contributed by atoms with E-state index in [1.807, 2.05) is 0 Å². The van der Waals surface area contributed by atoms with Crippen LogP contribution in [-0.2, 0) is 11.8 Å². The molecule has 1 amide bonds. The first kappa shape index (κ1) is 12.6. The predicted molar refractivity (Wildman–Crippen MR) is 64.1 cm³/mol. The van der Waals surface area contributed by atoms with Crippen LogP contribution in [0.5, 0.6) is 0 Å². The third-order valence-corrected chi connectivity index (χ3v) is 3.60. The van der Waals surface area contributed by atoms with E-state index >= 15 is 0 Å². The average Bonchev–Trinajstić information content (AvgIpc) is 2.76. The minimum absolute atomic E-state index is 0.122. The van der Waals surface area contributed by atoms with Gasteiger partial charge in [-0.25, -0.2) is 0 Å². The number of carboxylic acids is 1. The van der Waals surface area contributed by atoms with Crippen molar-refractivity contribution in [1.82, 2.24) is 14.7 Å². The van der Waals surface area contributed by atoms with Crippen LogP contribution in [0.3, 0.4) is 0 Å². The summed E-state index contributed by atoms with van der Waals surface area (Å²) in [4.78, 5) is 24.9. The zero-order valence-electron chi connectivity index (χ0n) is 10.6. The second-order valence-corrected chi connectivity index (χ2v) is 5.03. The summed E-state index contributed by atoms with van der Waals surface area (Å²) in [6.45, 7) is 2.67. The molecule has 2 rings (SSSR count). The van der Waals surface area contributed by atoms with Crippen molar-refractivity contribution < 1.29 is 14.7 Å². The van der Waals surface area contributed by atoms with Crippen LogP contribution in [0.4, 0.5) is 0 Å². The first-order valence-corrected chi connectivity index (χ1v) is 5.95. The van der Waals surface area contributed by atoms with Crippen LogP contribution in [0.15, 0.2) is 12.3 Å².